The number of carbonyl (C=O) groups excluding carboxylic acids is 2. The Morgan fingerprint density at radius 2 is 1.94 bits per heavy atom. The lowest BCUT2D eigenvalue weighted by molar-refractivity contribution is 0.0398. The van der Waals surface area contributed by atoms with E-state index >= 15 is 0 Å². The molecule has 182 valence electrons. The molecule has 0 saturated carbocycles. The standard InChI is InChI=1S/C26H27ClN4O4/c1-4-13-35-26(33)30-11-12-31(24(16-30)28-2)25(32)18-7-10-20-21(27)15-22(29-23(20)14-18)17-5-8-19(34-3)9-6-17/h5-10,14-15,24H,2,4,11-13,16H2,1,3H3. The van der Waals surface area contributed by atoms with Gasteiger partial charge < -0.3 is 19.3 Å². The molecule has 1 aromatic heterocycles. The molecule has 0 aliphatic carbocycles. The molecule has 1 atom stereocenters. The summed E-state index contributed by atoms with van der Waals surface area (Å²) in [6, 6.07) is 14.6. The lowest BCUT2D eigenvalue weighted by atomic mass is 10.1. The summed E-state index contributed by atoms with van der Waals surface area (Å²) in [6.45, 7) is 6.83. The minimum absolute atomic E-state index is 0.210. The number of fused-ring (bicyclic) bond motifs is 1. The maximum Gasteiger partial charge on any atom is 0.409 e. The fourth-order valence-corrected chi connectivity index (χ4v) is 4.26. The number of amides is 2. The van der Waals surface area contributed by atoms with Crippen molar-refractivity contribution in [2.45, 2.75) is 19.5 Å². The third-order valence-electron chi connectivity index (χ3n) is 5.91. The summed E-state index contributed by atoms with van der Waals surface area (Å²) in [5.74, 6) is 0.538. The molecule has 3 aromatic rings. The van der Waals surface area contributed by atoms with Gasteiger partial charge in [0.05, 0.1) is 36.5 Å². The first kappa shape index (κ1) is 24.5. The number of methoxy groups -OCH3 is 1. The van der Waals surface area contributed by atoms with E-state index in [4.69, 9.17) is 26.1 Å². The van der Waals surface area contributed by atoms with Crippen LogP contribution in [0.1, 0.15) is 23.7 Å². The average molecular weight is 495 g/mol. The monoisotopic (exact) mass is 494 g/mol. The zero-order valence-corrected chi connectivity index (χ0v) is 20.5. The number of hydrogen-bond donors (Lipinski definition) is 0. The van der Waals surface area contributed by atoms with E-state index in [1.54, 1.807) is 35.1 Å². The van der Waals surface area contributed by atoms with Crippen LogP contribution in [0, 0.1) is 0 Å². The molecule has 2 amide bonds. The van der Waals surface area contributed by atoms with E-state index < -0.39 is 12.3 Å². The molecule has 0 spiro atoms. The van der Waals surface area contributed by atoms with E-state index in [0.29, 0.717) is 41.5 Å². The average Bonchev–Trinajstić information content (AvgIpc) is 2.90. The quantitative estimate of drug-likeness (QED) is 0.455. The molecule has 35 heavy (non-hydrogen) atoms. The summed E-state index contributed by atoms with van der Waals surface area (Å²) in [5, 5.41) is 1.30. The van der Waals surface area contributed by atoms with Crippen molar-refractivity contribution in [2.75, 3.05) is 33.4 Å². The Balaban J connectivity index is 1.58. The first-order valence-electron chi connectivity index (χ1n) is 11.4. The molecule has 9 heteroatoms. The first-order chi connectivity index (χ1) is 16.9. The van der Waals surface area contributed by atoms with Gasteiger partial charge in [-0.3, -0.25) is 9.79 Å². The maximum atomic E-state index is 13.4. The fraction of sp³-hybridized carbons (Fsp3) is 0.308. The third kappa shape index (κ3) is 5.22. The Morgan fingerprint density at radius 1 is 1.17 bits per heavy atom. The summed E-state index contributed by atoms with van der Waals surface area (Å²) in [7, 11) is 1.61. The molecule has 0 bridgehead atoms. The smallest absolute Gasteiger partial charge is 0.409 e. The molecule has 2 heterocycles. The lowest BCUT2D eigenvalue weighted by Gasteiger charge is -2.38. The highest BCUT2D eigenvalue weighted by Gasteiger charge is 2.33. The van der Waals surface area contributed by atoms with Crippen molar-refractivity contribution >= 4 is 41.2 Å². The van der Waals surface area contributed by atoms with Gasteiger partial charge in [0.1, 0.15) is 11.9 Å². The molecule has 1 aliphatic heterocycles. The highest BCUT2D eigenvalue weighted by molar-refractivity contribution is 6.35. The van der Waals surface area contributed by atoms with Crippen LogP contribution in [0.15, 0.2) is 53.5 Å². The topological polar surface area (TPSA) is 84.3 Å². The van der Waals surface area contributed by atoms with Crippen molar-refractivity contribution < 1.29 is 19.1 Å². The lowest BCUT2D eigenvalue weighted by Crippen LogP contribution is -2.56. The largest absolute Gasteiger partial charge is 0.497 e. The molecule has 4 rings (SSSR count). The molecule has 1 fully saturated rings. The Kier molecular flexibility index (Phi) is 7.51. The number of hydrogen-bond acceptors (Lipinski definition) is 6. The molecular weight excluding hydrogens is 468 g/mol. The molecule has 1 unspecified atom stereocenters. The minimum Gasteiger partial charge on any atom is -0.497 e. The second kappa shape index (κ2) is 10.7. The van der Waals surface area contributed by atoms with E-state index in [1.165, 1.54) is 0 Å². The van der Waals surface area contributed by atoms with Crippen LogP contribution in [0.3, 0.4) is 0 Å². The van der Waals surface area contributed by atoms with Crippen LogP contribution < -0.4 is 4.74 Å². The van der Waals surface area contributed by atoms with E-state index in [1.807, 2.05) is 37.3 Å². The SMILES string of the molecule is C=NC1CN(C(=O)OCCC)CCN1C(=O)c1ccc2c(Cl)cc(-c3ccc(OC)cc3)nc2c1. The Bertz CT molecular complexity index is 1250. The van der Waals surface area contributed by atoms with Gasteiger partial charge in [-0.2, -0.15) is 0 Å². The predicted octanol–water partition coefficient (Wildman–Crippen LogP) is 4.89. The zero-order valence-electron chi connectivity index (χ0n) is 19.7. The van der Waals surface area contributed by atoms with Crippen LogP contribution in [-0.4, -0.2) is 73.0 Å². The number of nitrogens with zero attached hydrogens (tertiary/aromatic N) is 4. The van der Waals surface area contributed by atoms with Crippen molar-refractivity contribution in [3.63, 3.8) is 0 Å². The van der Waals surface area contributed by atoms with Gasteiger partial charge in [-0.25, -0.2) is 9.78 Å². The van der Waals surface area contributed by atoms with Gasteiger partial charge in [0.2, 0.25) is 0 Å². The second-order valence-electron chi connectivity index (χ2n) is 8.17. The molecule has 8 nitrogen and oxygen atoms in total. The predicted molar refractivity (Wildman–Crippen MR) is 136 cm³/mol. The number of pyridine rings is 1. The van der Waals surface area contributed by atoms with Gasteiger partial charge in [-0.05, 0) is 55.6 Å². The van der Waals surface area contributed by atoms with Crippen molar-refractivity contribution in [2.24, 2.45) is 4.99 Å². The number of rotatable bonds is 6. The molecule has 1 aliphatic rings. The van der Waals surface area contributed by atoms with E-state index in [9.17, 15) is 9.59 Å². The normalized spacial score (nSPS) is 15.7. The highest BCUT2D eigenvalue weighted by atomic mass is 35.5. The number of benzene rings is 2. The summed E-state index contributed by atoms with van der Waals surface area (Å²) in [5.41, 5.74) is 2.65. The first-order valence-corrected chi connectivity index (χ1v) is 11.8. The van der Waals surface area contributed by atoms with Crippen molar-refractivity contribution in [3.05, 3.63) is 59.1 Å². The summed E-state index contributed by atoms with van der Waals surface area (Å²) in [4.78, 5) is 37.7. The molecule has 2 aromatic carbocycles. The number of piperazine rings is 1. The van der Waals surface area contributed by atoms with Crippen LogP contribution in [0.2, 0.25) is 5.02 Å². The Morgan fingerprint density at radius 3 is 2.63 bits per heavy atom. The number of carbonyl (C=O) groups is 2. The highest BCUT2D eigenvalue weighted by Crippen LogP contribution is 2.30. The van der Waals surface area contributed by atoms with Gasteiger partial charge >= 0.3 is 6.09 Å². The number of aliphatic imine (C=N–C) groups is 1. The van der Waals surface area contributed by atoms with Crippen LogP contribution in [0.25, 0.3) is 22.2 Å². The van der Waals surface area contributed by atoms with Gasteiger partial charge in [-0.15, -0.1) is 0 Å². The van der Waals surface area contributed by atoms with Crippen molar-refractivity contribution in [1.82, 2.24) is 14.8 Å². The molecule has 1 saturated heterocycles. The van der Waals surface area contributed by atoms with E-state index in [-0.39, 0.29) is 12.5 Å². The van der Waals surface area contributed by atoms with Crippen LogP contribution in [-0.2, 0) is 4.74 Å². The number of aromatic nitrogens is 1. The van der Waals surface area contributed by atoms with Crippen molar-refractivity contribution in [1.29, 1.82) is 0 Å². The third-order valence-corrected chi connectivity index (χ3v) is 6.22. The van der Waals surface area contributed by atoms with Gasteiger partial charge in [0, 0.05) is 29.6 Å². The van der Waals surface area contributed by atoms with E-state index in [2.05, 4.69) is 11.7 Å². The minimum atomic E-state index is -0.566. The van der Waals surface area contributed by atoms with E-state index in [0.717, 1.165) is 23.1 Å². The number of halogens is 1. The van der Waals surface area contributed by atoms with Crippen LogP contribution in [0.5, 0.6) is 5.75 Å². The van der Waals surface area contributed by atoms with Crippen LogP contribution >= 0.6 is 11.6 Å². The van der Waals surface area contributed by atoms with Gasteiger partial charge in [0.25, 0.3) is 5.91 Å². The van der Waals surface area contributed by atoms with Gasteiger partial charge in [0.15, 0.2) is 0 Å². The van der Waals surface area contributed by atoms with Crippen molar-refractivity contribution in [3.8, 4) is 17.0 Å². The molecule has 0 N–H and O–H groups in total. The maximum absolute atomic E-state index is 13.4. The summed E-state index contributed by atoms with van der Waals surface area (Å²) in [6.07, 6.45) is -0.223. The second-order valence-corrected chi connectivity index (χ2v) is 8.58. The van der Waals surface area contributed by atoms with Crippen LogP contribution in [0.4, 0.5) is 4.79 Å². The Labute approximate surface area is 209 Å². The summed E-state index contributed by atoms with van der Waals surface area (Å²) >= 11 is 6.55. The molecule has 0 radical (unpaired) electrons. The Hall–Kier alpha value is -3.65. The van der Waals surface area contributed by atoms with Gasteiger partial charge in [-0.1, -0.05) is 24.6 Å². The zero-order chi connectivity index (χ0) is 24.9. The summed E-state index contributed by atoms with van der Waals surface area (Å²) < 4.78 is 10.4. The number of ether oxygens (including phenoxy) is 2. The fourth-order valence-electron chi connectivity index (χ4n) is 4.00. The molecular formula is C26H27ClN4O4.